The zero-order chi connectivity index (χ0) is 14.8. The second-order valence-electron chi connectivity index (χ2n) is 4.59. The predicted octanol–water partition coefficient (Wildman–Crippen LogP) is 1.33. The van der Waals surface area contributed by atoms with Crippen molar-refractivity contribution in [3.8, 4) is 5.75 Å². The topological polar surface area (TPSA) is 59.6 Å². The monoisotopic (exact) mass is 280 g/mol. The van der Waals surface area contributed by atoms with Crippen molar-refractivity contribution >= 4 is 5.91 Å². The van der Waals surface area contributed by atoms with Crippen LogP contribution < -0.4 is 15.4 Å². The van der Waals surface area contributed by atoms with Crippen LogP contribution in [0.1, 0.15) is 18.9 Å². The molecule has 1 aromatic carbocycles. The molecule has 2 N–H and O–H groups in total. The fourth-order valence-corrected chi connectivity index (χ4v) is 1.73. The van der Waals surface area contributed by atoms with Gasteiger partial charge in [-0.05, 0) is 31.0 Å². The van der Waals surface area contributed by atoms with E-state index < -0.39 is 0 Å². The summed E-state index contributed by atoms with van der Waals surface area (Å²) in [5, 5.41) is 6.06. The third-order valence-electron chi connectivity index (χ3n) is 2.96. The Labute approximate surface area is 120 Å². The van der Waals surface area contributed by atoms with E-state index in [9.17, 15) is 4.79 Å². The molecular weight excluding hydrogens is 256 g/mol. The first-order valence-corrected chi connectivity index (χ1v) is 6.80. The highest BCUT2D eigenvalue weighted by Crippen LogP contribution is 2.12. The molecule has 5 nitrogen and oxygen atoms in total. The van der Waals surface area contributed by atoms with Crippen LogP contribution in [0.3, 0.4) is 0 Å². The number of hydrogen-bond donors (Lipinski definition) is 2. The Morgan fingerprint density at radius 1 is 1.35 bits per heavy atom. The Bertz CT molecular complexity index is 410. The van der Waals surface area contributed by atoms with Crippen molar-refractivity contribution in [2.24, 2.45) is 0 Å². The van der Waals surface area contributed by atoms with Crippen LogP contribution in [0.2, 0.25) is 0 Å². The Morgan fingerprint density at radius 2 is 2.15 bits per heavy atom. The van der Waals surface area contributed by atoms with Gasteiger partial charge in [0.2, 0.25) is 5.91 Å². The van der Waals surface area contributed by atoms with Crippen molar-refractivity contribution in [3.05, 3.63) is 29.8 Å². The number of methoxy groups -OCH3 is 2. The van der Waals surface area contributed by atoms with Gasteiger partial charge in [-0.15, -0.1) is 0 Å². The summed E-state index contributed by atoms with van der Waals surface area (Å²) >= 11 is 0. The number of hydrogen-bond acceptors (Lipinski definition) is 4. The van der Waals surface area contributed by atoms with Crippen molar-refractivity contribution < 1.29 is 14.3 Å². The van der Waals surface area contributed by atoms with Gasteiger partial charge in [0.1, 0.15) is 5.75 Å². The Morgan fingerprint density at radius 3 is 2.85 bits per heavy atom. The predicted molar refractivity (Wildman–Crippen MR) is 78.8 cm³/mol. The smallest absolute Gasteiger partial charge is 0.236 e. The lowest BCUT2D eigenvalue weighted by molar-refractivity contribution is -0.122. The van der Waals surface area contributed by atoms with Crippen LogP contribution in [0.15, 0.2) is 24.3 Å². The molecule has 1 rings (SSSR count). The highest BCUT2D eigenvalue weighted by atomic mass is 16.5. The molecule has 0 aliphatic rings. The quantitative estimate of drug-likeness (QED) is 0.670. The van der Waals surface area contributed by atoms with Gasteiger partial charge in [-0.1, -0.05) is 12.1 Å². The van der Waals surface area contributed by atoms with Gasteiger partial charge in [0.25, 0.3) is 0 Å². The normalized spacial score (nSPS) is 11.9. The summed E-state index contributed by atoms with van der Waals surface area (Å²) in [7, 11) is 3.29. The first kappa shape index (κ1) is 16.5. The lowest BCUT2D eigenvalue weighted by atomic mass is 10.2. The molecule has 1 aromatic rings. The van der Waals surface area contributed by atoms with E-state index in [1.807, 2.05) is 31.2 Å². The van der Waals surface area contributed by atoms with E-state index in [0.717, 1.165) is 17.7 Å². The largest absolute Gasteiger partial charge is 0.497 e. The first-order chi connectivity index (χ1) is 9.67. The number of ether oxygens (including phenoxy) is 2. The van der Waals surface area contributed by atoms with Gasteiger partial charge < -0.3 is 20.1 Å². The third-order valence-corrected chi connectivity index (χ3v) is 2.96. The lowest BCUT2D eigenvalue weighted by Crippen LogP contribution is -2.42. The van der Waals surface area contributed by atoms with E-state index in [2.05, 4.69) is 10.6 Å². The summed E-state index contributed by atoms with van der Waals surface area (Å²) in [6, 6.07) is 7.55. The molecular formula is C15H24N2O3. The van der Waals surface area contributed by atoms with Gasteiger partial charge in [0.05, 0.1) is 13.2 Å². The SMILES string of the molecule is COCCCNC(=O)C(C)NCc1cccc(OC)c1. The van der Waals surface area contributed by atoms with Crippen molar-refractivity contribution in [3.63, 3.8) is 0 Å². The molecule has 0 radical (unpaired) electrons. The molecule has 0 aliphatic carbocycles. The fourth-order valence-electron chi connectivity index (χ4n) is 1.73. The molecule has 0 aliphatic heterocycles. The maximum Gasteiger partial charge on any atom is 0.236 e. The van der Waals surface area contributed by atoms with Gasteiger partial charge >= 0.3 is 0 Å². The second-order valence-corrected chi connectivity index (χ2v) is 4.59. The number of rotatable bonds is 9. The van der Waals surface area contributed by atoms with E-state index in [1.165, 1.54) is 0 Å². The van der Waals surface area contributed by atoms with Gasteiger partial charge in [-0.2, -0.15) is 0 Å². The van der Waals surface area contributed by atoms with Crippen LogP contribution in [-0.4, -0.2) is 39.3 Å². The van der Waals surface area contributed by atoms with Crippen LogP contribution in [0, 0.1) is 0 Å². The zero-order valence-corrected chi connectivity index (χ0v) is 12.4. The van der Waals surface area contributed by atoms with Crippen molar-refractivity contribution in [2.75, 3.05) is 27.4 Å². The molecule has 0 aromatic heterocycles. The molecule has 0 saturated carbocycles. The molecule has 1 amide bonds. The Hall–Kier alpha value is -1.59. The van der Waals surface area contributed by atoms with E-state index in [1.54, 1.807) is 14.2 Å². The fraction of sp³-hybridized carbons (Fsp3) is 0.533. The van der Waals surface area contributed by atoms with E-state index >= 15 is 0 Å². The van der Waals surface area contributed by atoms with Crippen molar-refractivity contribution in [1.29, 1.82) is 0 Å². The second kappa shape index (κ2) is 9.34. The van der Waals surface area contributed by atoms with E-state index in [0.29, 0.717) is 19.7 Å². The van der Waals surface area contributed by atoms with Crippen LogP contribution in [0.4, 0.5) is 0 Å². The van der Waals surface area contributed by atoms with Crippen LogP contribution in [0.25, 0.3) is 0 Å². The Balaban J connectivity index is 2.30. The molecule has 112 valence electrons. The standard InChI is InChI=1S/C15H24N2O3/c1-12(15(18)16-8-5-9-19-2)17-11-13-6-4-7-14(10-13)20-3/h4,6-7,10,12,17H,5,8-9,11H2,1-3H3,(H,16,18). The molecule has 0 bridgehead atoms. The van der Waals surface area contributed by atoms with Crippen molar-refractivity contribution in [2.45, 2.75) is 25.9 Å². The van der Waals surface area contributed by atoms with E-state index in [4.69, 9.17) is 9.47 Å². The molecule has 0 fully saturated rings. The minimum atomic E-state index is -0.233. The molecule has 1 unspecified atom stereocenters. The number of nitrogens with one attached hydrogen (secondary N) is 2. The summed E-state index contributed by atoms with van der Waals surface area (Å²) in [5.41, 5.74) is 1.09. The molecule has 0 spiro atoms. The summed E-state index contributed by atoms with van der Waals surface area (Å²) in [6.07, 6.45) is 0.824. The third kappa shape index (κ3) is 6.04. The summed E-state index contributed by atoms with van der Waals surface area (Å²) in [6.45, 7) is 3.78. The minimum Gasteiger partial charge on any atom is -0.497 e. The van der Waals surface area contributed by atoms with Crippen molar-refractivity contribution in [1.82, 2.24) is 10.6 Å². The molecule has 0 heterocycles. The number of amides is 1. The highest BCUT2D eigenvalue weighted by molar-refractivity contribution is 5.81. The maximum absolute atomic E-state index is 11.8. The van der Waals surface area contributed by atoms with Crippen LogP contribution >= 0.6 is 0 Å². The summed E-state index contributed by atoms with van der Waals surface area (Å²) in [4.78, 5) is 11.8. The number of carbonyl (C=O) groups excluding carboxylic acids is 1. The lowest BCUT2D eigenvalue weighted by Gasteiger charge is -2.14. The average Bonchev–Trinajstić information content (AvgIpc) is 2.49. The van der Waals surface area contributed by atoms with Gasteiger partial charge in [-0.3, -0.25) is 4.79 Å². The Kier molecular flexibility index (Phi) is 7.69. The van der Waals surface area contributed by atoms with Crippen LogP contribution in [0.5, 0.6) is 5.75 Å². The van der Waals surface area contributed by atoms with Gasteiger partial charge in [-0.25, -0.2) is 0 Å². The molecule has 20 heavy (non-hydrogen) atoms. The van der Waals surface area contributed by atoms with Gasteiger partial charge in [0.15, 0.2) is 0 Å². The minimum absolute atomic E-state index is 0.00370. The number of benzene rings is 1. The summed E-state index contributed by atoms with van der Waals surface area (Å²) < 4.78 is 10.1. The maximum atomic E-state index is 11.8. The highest BCUT2D eigenvalue weighted by Gasteiger charge is 2.11. The number of carbonyl (C=O) groups is 1. The first-order valence-electron chi connectivity index (χ1n) is 6.80. The molecule has 5 heteroatoms. The zero-order valence-electron chi connectivity index (χ0n) is 12.4. The summed E-state index contributed by atoms with van der Waals surface area (Å²) in [5.74, 6) is 0.824. The van der Waals surface area contributed by atoms with Crippen LogP contribution in [-0.2, 0) is 16.1 Å². The molecule has 1 atom stereocenters. The van der Waals surface area contributed by atoms with E-state index in [-0.39, 0.29) is 11.9 Å². The molecule has 0 saturated heterocycles. The van der Waals surface area contributed by atoms with Gasteiger partial charge in [0, 0.05) is 26.8 Å². The average molecular weight is 280 g/mol.